The smallest absolute Gasteiger partial charge is 0.228 e. The van der Waals surface area contributed by atoms with Crippen molar-refractivity contribution in [3.63, 3.8) is 0 Å². The zero-order valence-corrected chi connectivity index (χ0v) is 21.2. The number of methoxy groups -OCH3 is 1. The number of hydrogen-bond donors (Lipinski definition) is 1. The number of aromatic nitrogens is 1. The van der Waals surface area contributed by atoms with Gasteiger partial charge in [0, 0.05) is 48.6 Å². The summed E-state index contributed by atoms with van der Waals surface area (Å²) in [5.41, 5.74) is 5.04. The van der Waals surface area contributed by atoms with Crippen LogP contribution in [0.4, 0.5) is 5.00 Å². The number of thiophene rings is 1. The number of nitrogens with zero attached hydrogens (tertiary/aromatic N) is 3. The molecule has 1 N–H and O–H groups in total. The van der Waals surface area contributed by atoms with Gasteiger partial charge in [-0.3, -0.25) is 19.6 Å². The number of pyridine rings is 1. The first-order valence-electron chi connectivity index (χ1n) is 11.7. The molecule has 1 aliphatic rings. The second-order valence-corrected chi connectivity index (χ2v) is 9.67. The highest BCUT2D eigenvalue weighted by molar-refractivity contribution is 7.16. The first kappa shape index (κ1) is 24.6. The Bertz CT molecular complexity index is 1240. The fourth-order valence-electron chi connectivity index (χ4n) is 4.31. The summed E-state index contributed by atoms with van der Waals surface area (Å²) in [5, 5.41) is 3.89. The number of amides is 2. The maximum Gasteiger partial charge on any atom is 0.228 e. The molecule has 2 amide bonds. The summed E-state index contributed by atoms with van der Waals surface area (Å²) in [6.07, 6.45) is 5.47. The van der Waals surface area contributed by atoms with Crippen LogP contribution < -0.4 is 10.1 Å². The van der Waals surface area contributed by atoms with E-state index in [4.69, 9.17) is 4.74 Å². The van der Waals surface area contributed by atoms with E-state index in [0.29, 0.717) is 25.9 Å². The number of aliphatic imine (C=N–C) groups is 1. The molecule has 8 heteroatoms. The number of fused-ring (bicyclic) bond motifs is 1. The van der Waals surface area contributed by atoms with Crippen LogP contribution in [0.3, 0.4) is 0 Å². The molecule has 4 rings (SSSR count). The Morgan fingerprint density at radius 2 is 2.14 bits per heavy atom. The summed E-state index contributed by atoms with van der Waals surface area (Å²) >= 11 is 1.53. The van der Waals surface area contributed by atoms with Crippen LogP contribution in [0, 0.1) is 6.92 Å². The minimum atomic E-state index is -0.0546. The molecular formula is C27H30N4O3S. The lowest BCUT2D eigenvalue weighted by Gasteiger charge is -2.27. The molecule has 0 saturated carbocycles. The molecule has 0 spiro atoms. The molecule has 3 aromatic rings. The number of anilines is 1. The standard InChI is InChI=1S/C27H30N4O3S/c1-18-7-9-23(34-3)19(14-18)8-10-25(32)30-27-22(16-28-2)21-11-13-31(17-24(21)35-27)26(33)15-20-6-4-5-12-29-20/h4-7,9,12,14,16H,8,10-11,13,15,17H2,1-3H3,(H,30,32). The van der Waals surface area contributed by atoms with Gasteiger partial charge in [0.05, 0.1) is 20.1 Å². The van der Waals surface area contributed by atoms with E-state index in [2.05, 4.69) is 21.4 Å². The minimum absolute atomic E-state index is 0.0546. The van der Waals surface area contributed by atoms with Gasteiger partial charge in [0.2, 0.25) is 11.8 Å². The van der Waals surface area contributed by atoms with Crippen molar-refractivity contribution in [2.45, 2.75) is 39.2 Å². The van der Waals surface area contributed by atoms with Crippen molar-refractivity contribution >= 4 is 34.4 Å². The average Bonchev–Trinajstić information content (AvgIpc) is 3.19. The molecular weight excluding hydrogens is 460 g/mol. The highest BCUT2D eigenvalue weighted by Crippen LogP contribution is 2.36. The van der Waals surface area contributed by atoms with Crippen molar-refractivity contribution < 1.29 is 14.3 Å². The first-order chi connectivity index (χ1) is 17.0. The van der Waals surface area contributed by atoms with E-state index < -0.39 is 0 Å². The van der Waals surface area contributed by atoms with E-state index in [1.165, 1.54) is 11.3 Å². The number of nitrogens with one attached hydrogen (secondary N) is 1. The first-order valence-corrected chi connectivity index (χ1v) is 12.5. The monoisotopic (exact) mass is 490 g/mol. The predicted octanol–water partition coefficient (Wildman–Crippen LogP) is 4.21. The molecule has 1 aliphatic heterocycles. The lowest BCUT2D eigenvalue weighted by Crippen LogP contribution is -2.36. The maximum absolute atomic E-state index is 12.9. The summed E-state index contributed by atoms with van der Waals surface area (Å²) in [6, 6.07) is 11.6. The summed E-state index contributed by atoms with van der Waals surface area (Å²) < 4.78 is 5.44. The average molecular weight is 491 g/mol. The molecule has 1 aromatic carbocycles. The van der Waals surface area contributed by atoms with Crippen LogP contribution in [0.25, 0.3) is 0 Å². The van der Waals surface area contributed by atoms with Gasteiger partial charge >= 0.3 is 0 Å². The van der Waals surface area contributed by atoms with E-state index in [1.54, 1.807) is 26.6 Å². The zero-order valence-electron chi connectivity index (χ0n) is 20.3. The van der Waals surface area contributed by atoms with Crippen LogP contribution in [0.5, 0.6) is 5.75 Å². The number of carbonyl (C=O) groups is 2. The molecule has 0 saturated heterocycles. The van der Waals surface area contributed by atoms with Gasteiger partial charge in [-0.15, -0.1) is 11.3 Å². The molecule has 182 valence electrons. The summed E-state index contributed by atoms with van der Waals surface area (Å²) in [5.74, 6) is 0.802. The lowest BCUT2D eigenvalue weighted by atomic mass is 10.0. The molecule has 7 nitrogen and oxygen atoms in total. The van der Waals surface area contributed by atoms with Crippen LogP contribution in [-0.2, 0) is 35.4 Å². The largest absolute Gasteiger partial charge is 0.496 e. The SMILES string of the molecule is CN=Cc1c(NC(=O)CCc2cc(C)ccc2OC)sc2c1CCN(C(=O)Cc1ccccn1)C2. The molecule has 0 aliphatic carbocycles. The van der Waals surface area contributed by atoms with Crippen molar-refractivity contribution in [1.29, 1.82) is 0 Å². The quantitative estimate of drug-likeness (QED) is 0.480. The Morgan fingerprint density at radius 1 is 1.29 bits per heavy atom. The second kappa shape index (κ2) is 11.3. The summed E-state index contributed by atoms with van der Waals surface area (Å²) in [4.78, 5) is 37.2. The summed E-state index contributed by atoms with van der Waals surface area (Å²) in [7, 11) is 3.37. The van der Waals surface area contributed by atoms with E-state index in [9.17, 15) is 9.59 Å². The Hall–Kier alpha value is -3.52. The third-order valence-electron chi connectivity index (χ3n) is 6.08. The number of rotatable bonds is 8. The van der Waals surface area contributed by atoms with Crippen LogP contribution in [0.15, 0.2) is 47.6 Å². The van der Waals surface area contributed by atoms with E-state index in [-0.39, 0.29) is 18.2 Å². The zero-order chi connectivity index (χ0) is 24.8. The molecule has 0 radical (unpaired) electrons. The fraction of sp³-hybridized carbons (Fsp3) is 0.333. The third kappa shape index (κ3) is 5.95. The molecule has 0 atom stereocenters. The second-order valence-electron chi connectivity index (χ2n) is 8.56. The van der Waals surface area contributed by atoms with Crippen LogP contribution in [0.2, 0.25) is 0 Å². The number of carbonyl (C=O) groups excluding carboxylic acids is 2. The van der Waals surface area contributed by atoms with Crippen molar-refractivity contribution in [3.8, 4) is 5.75 Å². The lowest BCUT2D eigenvalue weighted by molar-refractivity contribution is -0.131. The minimum Gasteiger partial charge on any atom is -0.496 e. The van der Waals surface area contributed by atoms with Crippen LogP contribution in [0.1, 0.15) is 39.2 Å². The van der Waals surface area contributed by atoms with Gasteiger partial charge in [0.15, 0.2) is 0 Å². The Balaban J connectivity index is 1.44. The maximum atomic E-state index is 12.9. The van der Waals surface area contributed by atoms with Crippen molar-refractivity contribution in [3.05, 3.63) is 75.4 Å². The highest BCUT2D eigenvalue weighted by atomic mass is 32.1. The Kier molecular flexibility index (Phi) is 7.92. The van der Waals surface area contributed by atoms with Gasteiger partial charge in [-0.25, -0.2) is 0 Å². The van der Waals surface area contributed by atoms with Crippen LogP contribution in [-0.4, -0.2) is 48.6 Å². The number of benzene rings is 1. The Morgan fingerprint density at radius 3 is 2.89 bits per heavy atom. The predicted molar refractivity (Wildman–Crippen MR) is 140 cm³/mol. The van der Waals surface area contributed by atoms with Gasteiger partial charge < -0.3 is 15.0 Å². The van der Waals surface area contributed by atoms with Gasteiger partial charge in [0.1, 0.15) is 10.8 Å². The molecule has 0 bridgehead atoms. The van der Waals surface area contributed by atoms with Crippen molar-refractivity contribution in [2.24, 2.45) is 4.99 Å². The molecule has 2 aromatic heterocycles. The summed E-state index contributed by atoms with van der Waals surface area (Å²) in [6.45, 7) is 3.20. The van der Waals surface area contributed by atoms with Crippen LogP contribution >= 0.6 is 11.3 Å². The van der Waals surface area contributed by atoms with E-state index >= 15 is 0 Å². The van der Waals surface area contributed by atoms with Gasteiger partial charge in [-0.1, -0.05) is 23.8 Å². The fourth-order valence-corrected chi connectivity index (χ4v) is 5.56. The van der Waals surface area contributed by atoms with Crippen molar-refractivity contribution in [2.75, 3.05) is 26.0 Å². The van der Waals surface area contributed by atoms with Gasteiger partial charge in [-0.05, 0) is 49.1 Å². The normalized spacial score (nSPS) is 13.1. The number of hydrogen-bond acceptors (Lipinski definition) is 6. The van der Waals surface area contributed by atoms with E-state index in [0.717, 1.165) is 50.0 Å². The molecule has 0 unspecified atom stereocenters. The highest BCUT2D eigenvalue weighted by Gasteiger charge is 2.27. The van der Waals surface area contributed by atoms with Gasteiger partial charge in [-0.2, -0.15) is 0 Å². The molecule has 35 heavy (non-hydrogen) atoms. The number of ether oxygens (including phenoxy) is 1. The van der Waals surface area contributed by atoms with E-state index in [1.807, 2.05) is 42.2 Å². The Labute approximate surface area is 209 Å². The third-order valence-corrected chi connectivity index (χ3v) is 7.23. The molecule has 3 heterocycles. The van der Waals surface area contributed by atoms with Gasteiger partial charge in [0.25, 0.3) is 0 Å². The van der Waals surface area contributed by atoms with Crippen molar-refractivity contribution in [1.82, 2.24) is 9.88 Å². The topological polar surface area (TPSA) is 83.9 Å². The molecule has 0 fully saturated rings. The number of aryl methyl sites for hydroxylation is 2.